The van der Waals surface area contributed by atoms with Crippen molar-refractivity contribution in [3.8, 4) is 0 Å². The van der Waals surface area contributed by atoms with Crippen molar-refractivity contribution >= 4 is 29.1 Å². The van der Waals surface area contributed by atoms with Gasteiger partial charge in [0.15, 0.2) is 0 Å². The Bertz CT molecular complexity index is 758. The number of carbonyl (C=O) groups excluding carboxylic acids is 3. The molecular formula is C21H29N3O3. The largest absolute Gasteiger partial charge is 0.342 e. The molecule has 2 heterocycles. The van der Waals surface area contributed by atoms with Gasteiger partial charge in [0.25, 0.3) is 0 Å². The molecular weight excluding hydrogens is 342 g/mol. The van der Waals surface area contributed by atoms with Gasteiger partial charge in [0.2, 0.25) is 17.7 Å². The fourth-order valence-corrected chi connectivity index (χ4v) is 3.87. The molecule has 3 amide bonds. The van der Waals surface area contributed by atoms with Gasteiger partial charge in [-0.05, 0) is 43.0 Å². The molecule has 1 saturated heterocycles. The summed E-state index contributed by atoms with van der Waals surface area (Å²) in [5.74, 6) is 0.132. The van der Waals surface area contributed by atoms with Crippen LogP contribution in [-0.2, 0) is 20.8 Å². The Labute approximate surface area is 160 Å². The smallest absolute Gasteiger partial charge is 0.227 e. The zero-order chi connectivity index (χ0) is 19.8. The molecule has 1 aromatic rings. The minimum atomic E-state index is -0.382. The van der Waals surface area contributed by atoms with Gasteiger partial charge in [-0.25, -0.2) is 0 Å². The lowest BCUT2D eigenvalue weighted by Crippen LogP contribution is -2.45. The molecule has 0 radical (unpaired) electrons. The molecule has 1 N–H and O–H groups in total. The van der Waals surface area contributed by atoms with E-state index in [1.807, 2.05) is 43.9 Å². The molecule has 1 fully saturated rings. The number of nitrogens with one attached hydrogen (secondary N) is 1. The predicted molar refractivity (Wildman–Crippen MR) is 106 cm³/mol. The minimum absolute atomic E-state index is 0.0132. The normalized spacial score (nSPS) is 17.6. The van der Waals surface area contributed by atoms with E-state index in [1.165, 1.54) is 0 Å². The van der Waals surface area contributed by atoms with Crippen LogP contribution in [0.5, 0.6) is 0 Å². The Kier molecular flexibility index (Phi) is 5.27. The number of hydrogen-bond acceptors (Lipinski definition) is 3. The molecule has 0 bridgehead atoms. The SMILES string of the molecule is CC(=O)N1CCc2cc(NC(=O)C3CCN(C(=O)C(C)(C)C)CC3)ccc21. The summed E-state index contributed by atoms with van der Waals surface area (Å²) in [4.78, 5) is 40.3. The molecule has 1 aromatic carbocycles. The standard InChI is InChI=1S/C21H29N3O3/c1-14(25)24-12-9-16-13-17(5-6-18(16)24)22-19(26)15-7-10-23(11-8-15)20(27)21(2,3)4/h5-6,13,15H,7-12H2,1-4H3,(H,22,26). The van der Waals surface area contributed by atoms with Crippen LogP contribution in [-0.4, -0.2) is 42.3 Å². The summed E-state index contributed by atoms with van der Waals surface area (Å²) in [7, 11) is 0. The van der Waals surface area contributed by atoms with Crippen molar-refractivity contribution in [2.45, 2.75) is 47.0 Å². The van der Waals surface area contributed by atoms with E-state index in [9.17, 15) is 14.4 Å². The predicted octanol–water partition coefficient (Wildman–Crippen LogP) is 2.82. The first-order chi connectivity index (χ1) is 12.7. The molecule has 3 rings (SSSR count). The summed E-state index contributed by atoms with van der Waals surface area (Å²) in [6, 6.07) is 5.73. The number of nitrogens with zero attached hydrogens (tertiary/aromatic N) is 2. The molecule has 0 spiro atoms. The highest BCUT2D eigenvalue weighted by Crippen LogP contribution is 2.31. The van der Waals surface area contributed by atoms with E-state index in [4.69, 9.17) is 0 Å². The fraction of sp³-hybridized carbons (Fsp3) is 0.571. The molecule has 6 nitrogen and oxygen atoms in total. The average Bonchev–Trinajstić information content (AvgIpc) is 3.04. The van der Waals surface area contributed by atoms with E-state index in [-0.39, 0.29) is 29.1 Å². The van der Waals surface area contributed by atoms with Gasteiger partial charge in [-0.2, -0.15) is 0 Å². The lowest BCUT2D eigenvalue weighted by Gasteiger charge is -2.35. The maximum atomic E-state index is 12.6. The number of amides is 3. The van der Waals surface area contributed by atoms with Crippen LogP contribution in [0.25, 0.3) is 0 Å². The van der Waals surface area contributed by atoms with Crippen molar-refractivity contribution in [2.24, 2.45) is 11.3 Å². The zero-order valence-corrected chi connectivity index (χ0v) is 16.7. The van der Waals surface area contributed by atoms with Crippen LogP contribution in [0.4, 0.5) is 11.4 Å². The molecule has 2 aliphatic heterocycles. The van der Waals surface area contributed by atoms with E-state index >= 15 is 0 Å². The van der Waals surface area contributed by atoms with Crippen LogP contribution in [0.2, 0.25) is 0 Å². The number of likely N-dealkylation sites (tertiary alicyclic amines) is 1. The molecule has 0 aliphatic carbocycles. The van der Waals surface area contributed by atoms with Crippen LogP contribution in [0.1, 0.15) is 46.1 Å². The summed E-state index contributed by atoms with van der Waals surface area (Å²) in [6.45, 7) is 9.31. The van der Waals surface area contributed by atoms with E-state index < -0.39 is 0 Å². The summed E-state index contributed by atoms with van der Waals surface area (Å²) in [5, 5.41) is 3.01. The summed E-state index contributed by atoms with van der Waals surface area (Å²) >= 11 is 0. The highest BCUT2D eigenvalue weighted by Gasteiger charge is 2.32. The lowest BCUT2D eigenvalue weighted by atomic mass is 9.90. The van der Waals surface area contributed by atoms with Crippen molar-refractivity contribution < 1.29 is 14.4 Å². The van der Waals surface area contributed by atoms with Crippen molar-refractivity contribution in [3.05, 3.63) is 23.8 Å². The Balaban J connectivity index is 1.58. The van der Waals surface area contributed by atoms with Crippen molar-refractivity contribution in [3.63, 3.8) is 0 Å². The Hall–Kier alpha value is -2.37. The molecule has 146 valence electrons. The first kappa shape index (κ1) is 19.4. The number of fused-ring (bicyclic) bond motifs is 1. The van der Waals surface area contributed by atoms with Crippen molar-refractivity contribution in [1.29, 1.82) is 0 Å². The number of benzene rings is 1. The van der Waals surface area contributed by atoms with Gasteiger partial charge in [-0.15, -0.1) is 0 Å². The molecule has 27 heavy (non-hydrogen) atoms. The van der Waals surface area contributed by atoms with Gasteiger partial charge in [0, 0.05) is 49.3 Å². The minimum Gasteiger partial charge on any atom is -0.342 e. The van der Waals surface area contributed by atoms with Crippen molar-refractivity contribution in [1.82, 2.24) is 4.90 Å². The van der Waals surface area contributed by atoms with Crippen LogP contribution < -0.4 is 10.2 Å². The number of anilines is 2. The van der Waals surface area contributed by atoms with Gasteiger partial charge in [0.1, 0.15) is 0 Å². The molecule has 6 heteroatoms. The van der Waals surface area contributed by atoms with Crippen LogP contribution >= 0.6 is 0 Å². The van der Waals surface area contributed by atoms with Crippen LogP contribution in [0.15, 0.2) is 18.2 Å². The van der Waals surface area contributed by atoms with Crippen molar-refractivity contribution in [2.75, 3.05) is 29.9 Å². The highest BCUT2D eigenvalue weighted by molar-refractivity contribution is 5.96. The van der Waals surface area contributed by atoms with E-state index in [1.54, 1.807) is 11.8 Å². The number of rotatable bonds is 2. The van der Waals surface area contributed by atoms with E-state index in [0.29, 0.717) is 32.5 Å². The monoisotopic (exact) mass is 371 g/mol. The Morgan fingerprint density at radius 1 is 1.07 bits per heavy atom. The maximum Gasteiger partial charge on any atom is 0.227 e. The summed E-state index contributed by atoms with van der Waals surface area (Å²) in [5.41, 5.74) is 2.42. The average molecular weight is 371 g/mol. The second-order valence-electron chi connectivity index (χ2n) is 8.57. The first-order valence-corrected chi connectivity index (χ1v) is 9.68. The quantitative estimate of drug-likeness (QED) is 0.869. The third-order valence-electron chi connectivity index (χ3n) is 5.42. The van der Waals surface area contributed by atoms with Gasteiger partial charge in [-0.1, -0.05) is 20.8 Å². The van der Waals surface area contributed by atoms with Gasteiger partial charge in [0.05, 0.1) is 0 Å². The van der Waals surface area contributed by atoms with Crippen LogP contribution in [0, 0.1) is 11.3 Å². The van der Waals surface area contributed by atoms with E-state index in [0.717, 1.165) is 23.4 Å². The van der Waals surface area contributed by atoms with Gasteiger partial charge in [-0.3, -0.25) is 14.4 Å². The molecule has 0 aromatic heterocycles. The molecule has 2 aliphatic rings. The third-order valence-corrected chi connectivity index (χ3v) is 5.42. The number of hydrogen-bond donors (Lipinski definition) is 1. The van der Waals surface area contributed by atoms with Gasteiger partial charge < -0.3 is 15.1 Å². The molecule has 0 unspecified atom stereocenters. The Morgan fingerprint density at radius 3 is 2.33 bits per heavy atom. The Morgan fingerprint density at radius 2 is 1.74 bits per heavy atom. The lowest BCUT2D eigenvalue weighted by molar-refractivity contribution is -0.142. The topological polar surface area (TPSA) is 69.7 Å². The van der Waals surface area contributed by atoms with Gasteiger partial charge >= 0.3 is 0 Å². The zero-order valence-electron chi connectivity index (χ0n) is 16.7. The second-order valence-corrected chi connectivity index (χ2v) is 8.57. The third kappa shape index (κ3) is 4.15. The highest BCUT2D eigenvalue weighted by atomic mass is 16.2. The van der Waals surface area contributed by atoms with E-state index in [2.05, 4.69) is 5.32 Å². The molecule has 0 atom stereocenters. The summed E-state index contributed by atoms with van der Waals surface area (Å²) in [6.07, 6.45) is 2.19. The molecule has 0 saturated carbocycles. The second kappa shape index (κ2) is 7.33. The first-order valence-electron chi connectivity index (χ1n) is 9.68. The number of piperidine rings is 1. The maximum absolute atomic E-state index is 12.6. The van der Waals surface area contributed by atoms with Crippen LogP contribution in [0.3, 0.4) is 0 Å². The fourth-order valence-electron chi connectivity index (χ4n) is 3.87. The summed E-state index contributed by atoms with van der Waals surface area (Å²) < 4.78 is 0. The number of carbonyl (C=O) groups is 3.